The second-order valence-corrected chi connectivity index (χ2v) is 9.90. The molecule has 37 heavy (non-hydrogen) atoms. The molecule has 5 rings (SSSR count). The number of methoxy groups -OCH3 is 1. The average molecular weight is 523 g/mol. The summed E-state index contributed by atoms with van der Waals surface area (Å²) in [7, 11) is -2.45. The molecule has 1 atom stereocenters. The summed E-state index contributed by atoms with van der Waals surface area (Å²) >= 11 is 0. The van der Waals surface area contributed by atoms with E-state index >= 15 is 0 Å². The van der Waals surface area contributed by atoms with Crippen molar-refractivity contribution in [2.75, 3.05) is 25.2 Å². The average Bonchev–Trinajstić information content (AvgIpc) is 3.17. The smallest absolute Gasteiger partial charge is 0.300 e. The number of sulfonamides is 1. The minimum atomic E-state index is -3.96. The van der Waals surface area contributed by atoms with Crippen LogP contribution in [0.3, 0.4) is 0 Å². The van der Waals surface area contributed by atoms with E-state index in [1.807, 2.05) is 0 Å². The fraction of sp³-hybridized carbons (Fsp3) is 0.154. The van der Waals surface area contributed by atoms with Gasteiger partial charge in [-0.15, -0.1) is 0 Å². The number of primary sulfonamides is 1. The van der Waals surface area contributed by atoms with Gasteiger partial charge in [-0.05, 0) is 60.2 Å². The van der Waals surface area contributed by atoms with E-state index in [1.54, 1.807) is 42.5 Å². The van der Waals surface area contributed by atoms with Crippen molar-refractivity contribution in [3.8, 4) is 17.2 Å². The van der Waals surface area contributed by atoms with E-state index < -0.39 is 27.8 Å². The lowest BCUT2D eigenvalue weighted by molar-refractivity contribution is -0.132. The van der Waals surface area contributed by atoms with Gasteiger partial charge in [0.15, 0.2) is 11.5 Å². The zero-order valence-corrected chi connectivity index (χ0v) is 20.4. The molecule has 1 fully saturated rings. The molecule has 0 saturated carbocycles. The van der Waals surface area contributed by atoms with Crippen molar-refractivity contribution in [2.24, 2.45) is 5.14 Å². The standard InChI is InChI=1S/C26H22N2O8S/c1-34-18-7-2-15(3-8-18)23-22(24(29)16-4-11-20-21(14-16)36-13-12-35-20)25(30)26(31)28(23)17-5-9-19(10-6-17)37(27,32)33/h2-11,14,23,29H,12-13H2,1H3,(H2,27,32,33)/b24-22-. The maximum Gasteiger partial charge on any atom is 0.300 e. The molecule has 0 bridgehead atoms. The van der Waals surface area contributed by atoms with E-state index in [-0.39, 0.29) is 27.5 Å². The van der Waals surface area contributed by atoms with Gasteiger partial charge in [0.25, 0.3) is 11.7 Å². The number of amides is 1. The number of nitrogens with two attached hydrogens (primary N) is 1. The summed E-state index contributed by atoms with van der Waals surface area (Å²) < 4.78 is 39.7. The number of carbonyl (C=O) groups is 2. The molecule has 3 aromatic rings. The third-order valence-electron chi connectivity index (χ3n) is 6.14. The fourth-order valence-corrected chi connectivity index (χ4v) is 4.86. The number of aliphatic hydroxyl groups is 1. The second-order valence-electron chi connectivity index (χ2n) is 8.34. The SMILES string of the molecule is COc1ccc(C2/C(=C(/O)c3ccc4c(c3)OCCO4)C(=O)C(=O)N2c2ccc(S(N)(=O)=O)cc2)cc1. The number of ketones is 1. The van der Waals surface area contributed by atoms with Crippen LogP contribution in [0.25, 0.3) is 5.76 Å². The van der Waals surface area contributed by atoms with E-state index in [9.17, 15) is 23.1 Å². The number of ether oxygens (including phenoxy) is 3. The van der Waals surface area contributed by atoms with Gasteiger partial charge in [0.1, 0.15) is 24.7 Å². The molecule has 3 aromatic carbocycles. The number of nitrogens with zero attached hydrogens (tertiary/aromatic N) is 1. The maximum absolute atomic E-state index is 13.3. The Morgan fingerprint density at radius 1 is 0.973 bits per heavy atom. The Kier molecular flexibility index (Phi) is 6.10. The Labute approximate surface area is 212 Å². The summed E-state index contributed by atoms with van der Waals surface area (Å²) in [4.78, 5) is 27.7. The van der Waals surface area contributed by atoms with Crippen LogP contribution in [0, 0.1) is 0 Å². The summed E-state index contributed by atoms with van der Waals surface area (Å²) in [6.07, 6.45) is 0. The topological polar surface area (TPSA) is 145 Å². The zero-order chi connectivity index (χ0) is 26.3. The van der Waals surface area contributed by atoms with Gasteiger partial charge in [0.05, 0.1) is 23.6 Å². The molecule has 190 valence electrons. The van der Waals surface area contributed by atoms with Gasteiger partial charge < -0.3 is 19.3 Å². The first kappa shape index (κ1) is 24.3. The minimum absolute atomic E-state index is 0.137. The lowest BCUT2D eigenvalue weighted by Crippen LogP contribution is -2.29. The fourth-order valence-electron chi connectivity index (χ4n) is 4.34. The second kappa shape index (κ2) is 9.26. The number of anilines is 1. The van der Waals surface area contributed by atoms with Crippen LogP contribution in [-0.4, -0.2) is 45.5 Å². The Morgan fingerprint density at radius 3 is 2.24 bits per heavy atom. The van der Waals surface area contributed by atoms with E-state index in [0.29, 0.717) is 36.0 Å². The van der Waals surface area contributed by atoms with Gasteiger partial charge in [-0.3, -0.25) is 14.5 Å². The number of hydrogen-bond donors (Lipinski definition) is 2. The van der Waals surface area contributed by atoms with E-state index in [0.717, 1.165) is 0 Å². The number of hydrogen-bond acceptors (Lipinski definition) is 8. The Bertz CT molecular complexity index is 1530. The van der Waals surface area contributed by atoms with Crippen LogP contribution in [-0.2, 0) is 19.6 Å². The van der Waals surface area contributed by atoms with Crippen LogP contribution in [0.15, 0.2) is 77.2 Å². The number of benzene rings is 3. The molecule has 10 nitrogen and oxygen atoms in total. The molecular weight excluding hydrogens is 500 g/mol. The minimum Gasteiger partial charge on any atom is -0.507 e. The van der Waals surface area contributed by atoms with E-state index in [4.69, 9.17) is 19.3 Å². The summed E-state index contributed by atoms with van der Waals surface area (Å²) in [6, 6.07) is 15.7. The largest absolute Gasteiger partial charge is 0.507 e. The molecular formula is C26H22N2O8S. The Balaban J connectivity index is 1.67. The first-order valence-electron chi connectivity index (χ1n) is 11.2. The molecule has 1 amide bonds. The maximum atomic E-state index is 13.3. The summed E-state index contributed by atoms with van der Waals surface area (Å²) in [5, 5.41) is 16.5. The van der Waals surface area contributed by atoms with Crippen molar-refractivity contribution in [1.82, 2.24) is 0 Å². The van der Waals surface area contributed by atoms with Crippen LogP contribution in [0.2, 0.25) is 0 Å². The van der Waals surface area contributed by atoms with Gasteiger partial charge in [-0.25, -0.2) is 13.6 Å². The monoisotopic (exact) mass is 522 g/mol. The highest BCUT2D eigenvalue weighted by atomic mass is 32.2. The first-order chi connectivity index (χ1) is 17.7. The van der Waals surface area contributed by atoms with Crippen molar-refractivity contribution >= 4 is 33.2 Å². The first-order valence-corrected chi connectivity index (χ1v) is 12.7. The van der Waals surface area contributed by atoms with E-state index in [1.165, 1.54) is 36.3 Å². The molecule has 1 unspecified atom stereocenters. The number of aliphatic hydroxyl groups excluding tert-OH is 1. The van der Waals surface area contributed by atoms with Crippen LogP contribution in [0.5, 0.6) is 17.2 Å². The van der Waals surface area contributed by atoms with Crippen LogP contribution >= 0.6 is 0 Å². The van der Waals surface area contributed by atoms with Crippen molar-refractivity contribution < 1.29 is 37.3 Å². The highest BCUT2D eigenvalue weighted by Gasteiger charge is 2.47. The highest BCUT2D eigenvalue weighted by molar-refractivity contribution is 7.89. The van der Waals surface area contributed by atoms with Gasteiger partial charge in [0.2, 0.25) is 10.0 Å². The number of Topliss-reactive ketones (excluding diaryl/α,β-unsaturated/α-hetero) is 1. The molecule has 3 N–H and O–H groups in total. The highest BCUT2D eigenvalue weighted by Crippen LogP contribution is 2.43. The van der Waals surface area contributed by atoms with Crippen molar-refractivity contribution in [3.63, 3.8) is 0 Å². The van der Waals surface area contributed by atoms with Crippen molar-refractivity contribution in [1.29, 1.82) is 0 Å². The molecule has 0 radical (unpaired) electrons. The predicted octanol–water partition coefficient (Wildman–Crippen LogP) is 2.74. The van der Waals surface area contributed by atoms with Gasteiger partial charge in [0, 0.05) is 11.3 Å². The summed E-state index contributed by atoms with van der Waals surface area (Å²) in [5.74, 6) is -0.703. The van der Waals surface area contributed by atoms with Crippen LogP contribution in [0.4, 0.5) is 5.69 Å². The number of fused-ring (bicyclic) bond motifs is 1. The van der Waals surface area contributed by atoms with Crippen molar-refractivity contribution in [2.45, 2.75) is 10.9 Å². The van der Waals surface area contributed by atoms with E-state index in [2.05, 4.69) is 0 Å². The van der Waals surface area contributed by atoms with Gasteiger partial charge >= 0.3 is 0 Å². The quantitative estimate of drug-likeness (QED) is 0.296. The molecule has 2 aliphatic heterocycles. The Morgan fingerprint density at radius 2 is 1.62 bits per heavy atom. The molecule has 2 aliphatic rings. The predicted molar refractivity (Wildman–Crippen MR) is 133 cm³/mol. The summed E-state index contributed by atoms with van der Waals surface area (Å²) in [5.41, 5.74) is 0.902. The summed E-state index contributed by atoms with van der Waals surface area (Å²) in [6.45, 7) is 0.729. The van der Waals surface area contributed by atoms with Crippen LogP contribution in [0.1, 0.15) is 17.2 Å². The van der Waals surface area contributed by atoms with Crippen molar-refractivity contribution in [3.05, 3.63) is 83.4 Å². The van der Waals surface area contributed by atoms with Crippen LogP contribution < -0.4 is 24.2 Å². The third-order valence-corrected chi connectivity index (χ3v) is 7.06. The molecule has 0 aliphatic carbocycles. The van der Waals surface area contributed by atoms with Gasteiger partial charge in [-0.2, -0.15) is 0 Å². The third kappa shape index (κ3) is 4.39. The normalized spacial score (nSPS) is 18.6. The molecule has 2 heterocycles. The lowest BCUT2D eigenvalue weighted by Gasteiger charge is -2.26. The molecule has 1 saturated heterocycles. The van der Waals surface area contributed by atoms with Gasteiger partial charge in [-0.1, -0.05) is 12.1 Å². The number of carbonyl (C=O) groups excluding carboxylic acids is 2. The Hall–Kier alpha value is -4.35. The molecule has 11 heteroatoms. The molecule has 0 aromatic heterocycles. The lowest BCUT2D eigenvalue weighted by atomic mass is 9.95. The zero-order valence-electron chi connectivity index (χ0n) is 19.6. The number of rotatable bonds is 5. The molecule has 0 spiro atoms.